The molecule has 104 valence electrons. The first kappa shape index (κ1) is 14.4. The van der Waals surface area contributed by atoms with Gasteiger partial charge in [0.05, 0.1) is 17.0 Å². The van der Waals surface area contributed by atoms with Gasteiger partial charge in [-0.05, 0) is 62.4 Å². The van der Waals surface area contributed by atoms with Crippen LogP contribution in [0.3, 0.4) is 0 Å². The van der Waals surface area contributed by atoms with Crippen LogP contribution in [0.2, 0.25) is 0 Å². The Morgan fingerprint density at radius 2 is 1.95 bits per heavy atom. The van der Waals surface area contributed by atoms with E-state index in [0.29, 0.717) is 6.42 Å². The predicted molar refractivity (Wildman–Crippen MR) is 84.9 cm³/mol. The standard InChI is InChI=1S/C18H22N2/c1-7-9-18(5,11-19)16-13(3)12(2)14(4)17-15(16)8-10-20(17)6/h7-8,10H,1,9H2,2-6H3. The van der Waals surface area contributed by atoms with E-state index in [1.807, 2.05) is 13.0 Å². The van der Waals surface area contributed by atoms with E-state index in [1.165, 1.54) is 27.6 Å². The van der Waals surface area contributed by atoms with Crippen molar-refractivity contribution in [2.24, 2.45) is 7.05 Å². The van der Waals surface area contributed by atoms with Gasteiger partial charge >= 0.3 is 0 Å². The third kappa shape index (κ3) is 1.86. The molecule has 0 N–H and O–H groups in total. The molecule has 0 aliphatic carbocycles. The molecule has 2 aromatic rings. The van der Waals surface area contributed by atoms with Crippen LogP contribution in [0.25, 0.3) is 10.9 Å². The molecule has 0 fully saturated rings. The fourth-order valence-electron chi connectivity index (χ4n) is 3.25. The molecule has 0 spiro atoms. The van der Waals surface area contributed by atoms with Gasteiger partial charge in [-0.2, -0.15) is 5.26 Å². The van der Waals surface area contributed by atoms with Gasteiger partial charge in [-0.3, -0.25) is 0 Å². The van der Waals surface area contributed by atoms with Crippen molar-refractivity contribution in [3.63, 3.8) is 0 Å². The summed E-state index contributed by atoms with van der Waals surface area (Å²) in [4.78, 5) is 0. The van der Waals surface area contributed by atoms with E-state index in [-0.39, 0.29) is 0 Å². The fraction of sp³-hybridized carbons (Fsp3) is 0.389. The zero-order valence-corrected chi connectivity index (χ0v) is 13.0. The summed E-state index contributed by atoms with van der Waals surface area (Å²) in [6.07, 6.45) is 4.58. The molecule has 1 heterocycles. The first-order valence-electron chi connectivity index (χ1n) is 6.94. The maximum atomic E-state index is 9.72. The second-order valence-corrected chi connectivity index (χ2v) is 5.88. The summed E-state index contributed by atoms with van der Waals surface area (Å²) in [6, 6.07) is 4.63. The van der Waals surface area contributed by atoms with Gasteiger partial charge in [0.1, 0.15) is 0 Å². The average Bonchev–Trinajstić information content (AvgIpc) is 2.78. The lowest BCUT2D eigenvalue weighted by Gasteiger charge is -2.26. The van der Waals surface area contributed by atoms with Gasteiger partial charge in [0.15, 0.2) is 0 Å². The summed E-state index contributed by atoms with van der Waals surface area (Å²) in [7, 11) is 2.06. The van der Waals surface area contributed by atoms with Crippen LogP contribution < -0.4 is 0 Å². The Balaban J connectivity index is 2.97. The Morgan fingerprint density at radius 3 is 2.50 bits per heavy atom. The van der Waals surface area contributed by atoms with Crippen molar-refractivity contribution in [3.8, 4) is 6.07 Å². The van der Waals surface area contributed by atoms with Crippen molar-refractivity contribution >= 4 is 10.9 Å². The lowest BCUT2D eigenvalue weighted by atomic mass is 9.75. The van der Waals surface area contributed by atoms with E-state index in [0.717, 1.165) is 5.56 Å². The van der Waals surface area contributed by atoms with Crippen molar-refractivity contribution in [2.75, 3.05) is 0 Å². The Morgan fingerprint density at radius 1 is 1.30 bits per heavy atom. The molecule has 0 amide bonds. The van der Waals surface area contributed by atoms with E-state index in [1.54, 1.807) is 0 Å². The number of hydrogen-bond acceptors (Lipinski definition) is 1. The lowest BCUT2D eigenvalue weighted by Crippen LogP contribution is -2.21. The van der Waals surface area contributed by atoms with Crippen LogP contribution in [0.1, 0.15) is 35.6 Å². The normalized spacial score (nSPS) is 14.0. The summed E-state index contributed by atoms with van der Waals surface area (Å²) in [5, 5.41) is 10.9. The van der Waals surface area contributed by atoms with Crippen LogP contribution in [0.5, 0.6) is 0 Å². The second kappa shape index (κ2) is 4.83. The number of nitrogens with zero attached hydrogens (tertiary/aromatic N) is 2. The molecule has 0 radical (unpaired) electrons. The second-order valence-electron chi connectivity index (χ2n) is 5.88. The van der Waals surface area contributed by atoms with E-state index >= 15 is 0 Å². The molecule has 2 rings (SSSR count). The topological polar surface area (TPSA) is 28.7 Å². The molecular formula is C18H22N2. The highest BCUT2D eigenvalue weighted by molar-refractivity contribution is 5.90. The van der Waals surface area contributed by atoms with Gasteiger partial charge in [-0.25, -0.2) is 0 Å². The SMILES string of the molecule is C=CCC(C)(C#N)c1c(C)c(C)c(C)c2c1ccn2C. The van der Waals surface area contributed by atoms with Crippen molar-refractivity contribution in [2.45, 2.75) is 39.5 Å². The highest BCUT2D eigenvalue weighted by atomic mass is 14.9. The number of nitriles is 1. The molecule has 20 heavy (non-hydrogen) atoms. The van der Waals surface area contributed by atoms with E-state index in [9.17, 15) is 5.26 Å². The summed E-state index contributed by atoms with van der Waals surface area (Å²) in [5.74, 6) is 0. The minimum atomic E-state index is -0.524. The zero-order valence-electron chi connectivity index (χ0n) is 13.0. The monoisotopic (exact) mass is 266 g/mol. The quantitative estimate of drug-likeness (QED) is 0.754. The Labute approximate surface area is 121 Å². The maximum absolute atomic E-state index is 9.72. The Kier molecular flexibility index (Phi) is 3.48. The lowest BCUT2D eigenvalue weighted by molar-refractivity contribution is 0.622. The average molecular weight is 266 g/mol. The van der Waals surface area contributed by atoms with Crippen molar-refractivity contribution in [3.05, 3.63) is 47.2 Å². The van der Waals surface area contributed by atoms with Gasteiger partial charge < -0.3 is 4.57 Å². The number of aryl methyl sites for hydroxylation is 2. The molecule has 1 aromatic carbocycles. The van der Waals surface area contributed by atoms with E-state index < -0.39 is 5.41 Å². The molecule has 2 heteroatoms. The third-order valence-electron chi connectivity index (χ3n) is 4.55. The molecule has 1 atom stereocenters. The predicted octanol–water partition coefficient (Wildman–Crippen LogP) is 4.46. The van der Waals surface area contributed by atoms with E-state index in [2.05, 4.69) is 57.3 Å². The van der Waals surface area contributed by atoms with Gasteiger partial charge in [0.2, 0.25) is 0 Å². The van der Waals surface area contributed by atoms with E-state index in [4.69, 9.17) is 0 Å². The first-order chi connectivity index (χ1) is 9.37. The summed E-state index contributed by atoms with van der Waals surface area (Å²) < 4.78 is 2.15. The number of fused-ring (bicyclic) bond motifs is 1. The molecular weight excluding hydrogens is 244 g/mol. The number of hydrogen-bond donors (Lipinski definition) is 0. The summed E-state index contributed by atoms with van der Waals surface area (Å²) in [5.41, 5.74) is 5.66. The minimum absolute atomic E-state index is 0.524. The van der Waals surface area contributed by atoms with Gasteiger partial charge in [-0.1, -0.05) is 6.08 Å². The highest BCUT2D eigenvalue weighted by Crippen LogP contribution is 2.39. The van der Waals surface area contributed by atoms with Crippen molar-refractivity contribution in [1.29, 1.82) is 5.26 Å². The minimum Gasteiger partial charge on any atom is -0.350 e. The molecule has 0 saturated carbocycles. The molecule has 2 nitrogen and oxygen atoms in total. The summed E-state index contributed by atoms with van der Waals surface area (Å²) >= 11 is 0. The molecule has 1 aromatic heterocycles. The Hall–Kier alpha value is -2.01. The third-order valence-corrected chi connectivity index (χ3v) is 4.55. The van der Waals surface area contributed by atoms with Gasteiger partial charge in [0.25, 0.3) is 0 Å². The fourth-order valence-corrected chi connectivity index (χ4v) is 3.25. The van der Waals surface area contributed by atoms with Crippen LogP contribution in [0.4, 0.5) is 0 Å². The number of allylic oxidation sites excluding steroid dienone is 1. The van der Waals surface area contributed by atoms with Crippen LogP contribution in [0, 0.1) is 32.1 Å². The smallest absolute Gasteiger partial charge is 0.0837 e. The van der Waals surface area contributed by atoms with Crippen LogP contribution in [0.15, 0.2) is 24.9 Å². The number of rotatable bonds is 3. The van der Waals surface area contributed by atoms with Crippen LogP contribution >= 0.6 is 0 Å². The molecule has 0 bridgehead atoms. The number of benzene rings is 1. The number of aromatic nitrogens is 1. The van der Waals surface area contributed by atoms with Gasteiger partial charge in [0, 0.05) is 18.6 Å². The van der Waals surface area contributed by atoms with Crippen LogP contribution in [-0.2, 0) is 12.5 Å². The van der Waals surface area contributed by atoms with Gasteiger partial charge in [-0.15, -0.1) is 6.58 Å². The highest BCUT2D eigenvalue weighted by Gasteiger charge is 2.30. The maximum Gasteiger partial charge on any atom is 0.0837 e. The largest absolute Gasteiger partial charge is 0.350 e. The molecule has 0 saturated heterocycles. The van der Waals surface area contributed by atoms with Crippen LogP contribution in [-0.4, -0.2) is 4.57 Å². The Bertz CT molecular complexity index is 728. The summed E-state index contributed by atoms with van der Waals surface area (Å²) in [6.45, 7) is 12.3. The molecule has 0 aliphatic heterocycles. The zero-order chi connectivity index (χ0) is 15.1. The first-order valence-corrected chi connectivity index (χ1v) is 6.94. The molecule has 1 unspecified atom stereocenters. The van der Waals surface area contributed by atoms with Crippen molar-refractivity contribution in [1.82, 2.24) is 4.57 Å². The van der Waals surface area contributed by atoms with Crippen molar-refractivity contribution < 1.29 is 0 Å². The molecule has 0 aliphatic rings.